The Bertz CT molecular complexity index is 97.1. The van der Waals surface area contributed by atoms with Gasteiger partial charge in [-0.2, -0.15) is 11.8 Å². The Morgan fingerprint density at radius 3 is 1.62 bits per heavy atom. The van der Waals surface area contributed by atoms with Crippen molar-refractivity contribution in [2.75, 3.05) is 11.5 Å². The lowest BCUT2D eigenvalue weighted by Crippen LogP contribution is -2.26. The van der Waals surface area contributed by atoms with Crippen molar-refractivity contribution in [2.24, 2.45) is 11.5 Å². The molecular formula is C10H24N2S. The highest BCUT2D eigenvalue weighted by Gasteiger charge is 2.04. The van der Waals surface area contributed by atoms with Crippen molar-refractivity contribution in [2.45, 2.75) is 51.6 Å². The third-order valence-corrected chi connectivity index (χ3v) is 3.31. The summed E-state index contributed by atoms with van der Waals surface area (Å²) in [7, 11) is 0. The highest BCUT2D eigenvalue weighted by molar-refractivity contribution is 7.99. The zero-order valence-corrected chi connectivity index (χ0v) is 9.78. The molecule has 2 unspecified atom stereocenters. The van der Waals surface area contributed by atoms with Crippen LogP contribution >= 0.6 is 11.8 Å². The minimum absolute atomic E-state index is 0.365. The van der Waals surface area contributed by atoms with Crippen LogP contribution in [0.15, 0.2) is 0 Å². The van der Waals surface area contributed by atoms with Crippen molar-refractivity contribution < 1.29 is 0 Å². The van der Waals surface area contributed by atoms with Crippen molar-refractivity contribution in [3.63, 3.8) is 0 Å². The second-order valence-electron chi connectivity index (χ2n) is 3.63. The molecule has 3 heteroatoms. The third kappa shape index (κ3) is 8.60. The average Bonchev–Trinajstić information content (AvgIpc) is 2.05. The Balaban J connectivity index is 3.23. The third-order valence-electron chi connectivity index (χ3n) is 1.98. The Hall–Kier alpha value is 0.270. The summed E-state index contributed by atoms with van der Waals surface area (Å²) in [6.45, 7) is 4.35. The highest BCUT2D eigenvalue weighted by Crippen LogP contribution is 2.08. The molecule has 13 heavy (non-hydrogen) atoms. The summed E-state index contributed by atoms with van der Waals surface area (Å²) in [5, 5.41) is 0. The molecule has 80 valence electrons. The predicted octanol–water partition coefficient (Wildman–Crippen LogP) is 1.97. The number of thioether (sulfide) groups is 1. The van der Waals surface area contributed by atoms with E-state index >= 15 is 0 Å². The molecule has 2 atom stereocenters. The topological polar surface area (TPSA) is 52.0 Å². The average molecular weight is 204 g/mol. The summed E-state index contributed by atoms with van der Waals surface area (Å²) in [6, 6.07) is 0.729. The number of hydrogen-bond acceptors (Lipinski definition) is 3. The fourth-order valence-electron chi connectivity index (χ4n) is 1.28. The van der Waals surface area contributed by atoms with Gasteiger partial charge in [-0.3, -0.25) is 0 Å². The molecule has 0 rings (SSSR count). The van der Waals surface area contributed by atoms with Gasteiger partial charge in [0.15, 0.2) is 0 Å². The number of hydrogen-bond donors (Lipinski definition) is 2. The summed E-state index contributed by atoms with van der Waals surface area (Å²) in [5.41, 5.74) is 11.8. The lowest BCUT2D eigenvalue weighted by molar-refractivity contribution is 0.649. The largest absolute Gasteiger partial charge is 0.327 e. The summed E-state index contributed by atoms with van der Waals surface area (Å²) >= 11 is 1.90. The molecule has 0 amide bonds. The van der Waals surface area contributed by atoms with Gasteiger partial charge in [-0.05, 0) is 12.8 Å². The van der Waals surface area contributed by atoms with Gasteiger partial charge in [0, 0.05) is 23.6 Å². The van der Waals surface area contributed by atoms with Crippen molar-refractivity contribution in [1.82, 2.24) is 0 Å². The van der Waals surface area contributed by atoms with E-state index in [0.29, 0.717) is 12.1 Å². The molecule has 0 heterocycles. The molecule has 0 bridgehead atoms. The van der Waals surface area contributed by atoms with Crippen LogP contribution in [0.25, 0.3) is 0 Å². The summed E-state index contributed by atoms with van der Waals surface area (Å²) in [5.74, 6) is 2.12. The summed E-state index contributed by atoms with van der Waals surface area (Å²) in [6.07, 6.45) is 4.64. The minimum Gasteiger partial charge on any atom is -0.327 e. The van der Waals surface area contributed by atoms with Crippen LogP contribution in [0.4, 0.5) is 0 Å². The molecule has 0 saturated carbocycles. The van der Waals surface area contributed by atoms with Gasteiger partial charge in [0.2, 0.25) is 0 Å². The van der Waals surface area contributed by atoms with Crippen molar-refractivity contribution in [1.29, 1.82) is 0 Å². The normalized spacial score (nSPS) is 15.7. The number of rotatable bonds is 8. The molecule has 4 N–H and O–H groups in total. The highest BCUT2D eigenvalue weighted by atomic mass is 32.2. The maximum atomic E-state index is 5.88. The van der Waals surface area contributed by atoms with Crippen molar-refractivity contribution in [3.8, 4) is 0 Å². The standard InChI is InChI=1S/C10H24N2S/c1-3-5-9(11)7-13-8-10(12)6-4-2/h9-10H,3-8,11-12H2,1-2H3. The predicted molar refractivity (Wildman–Crippen MR) is 63.1 cm³/mol. The SMILES string of the molecule is CCCC(N)CSCC(N)CCC. The molecule has 0 radical (unpaired) electrons. The molecule has 0 aliphatic carbocycles. The minimum atomic E-state index is 0.365. The van der Waals surface area contributed by atoms with Crippen LogP contribution in [0, 0.1) is 0 Å². The fourth-order valence-corrected chi connectivity index (χ4v) is 2.35. The zero-order valence-electron chi connectivity index (χ0n) is 8.96. The van der Waals surface area contributed by atoms with E-state index in [0.717, 1.165) is 24.3 Å². The van der Waals surface area contributed by atoms with Crippen LogP contribution in [0.3, 0.4) is 0 Å². The van der Waals surface area contributed by atoms with E-state index in [4.69, 9.17) is 11.5 Å². The Kier molecular flexibility index (Phi) is 9.03. The first kappa shape index (κ1) is 13.3. The molecule has 0 fully saturated rings. The summed E-state index contributed by atoms with van der Waals surface area (Å²) < 4.78 is 0. The molecular weight excluding hydrogens is 180 g/mol. The van der Waals surface area contributed by atoms with Crippen LogP contribution in [0.2, 0.25) is 0 Å². The van der Waals surface area contributed by atoms with E-state index in [9.17, 15) is 0 Å². The van der Waals surface area contributed by atoms with Gasteiger partial charge in [0.25, 0.3) is 0 Å². The Morgan fingerprint density at radius 2 is 1.31 bits per heavy atom. The lowest BCUT2D eigenvalue weighted by atomic mass is 10.2. The Morgan fingerprint density at radius 1 is 0.923 bits per heavy atom. The monoisotopic (exact) mass is 204 g/mol. The van der Waals surface area contributed by atoms with Crippen LogP contribution in [-0.2, 0) is 0 Å². The van der Waals surface area contributed by atoms with E-state index in [1.54, 1.807) is 0 Å². The van der Waals surface area contributed by atoms with E-state index in [1.807, 2.05) is 11.8 Å². The van der Waals surface area contributed by atoms with E-state index in [2.05, 4.69) is 13.8 Å². The molecule has 0 aromatic heterocycles. The summed E-state index contributed by atoms with van der Waals surface area (Å²) in [4.78, 5) is 0. The second-order valence-corrected chi connectivity index (χ2v) is 4.71. The maximum absolute atomic E-state index is 5.88. The van der Waals surface area contributed by atoms with E-state index in [1.165, 1.54) is 12.8 Å². The molecule has 0 spiro atoms. The first-order valence-electron chi connectivity index (χ1n) is 5.29. The molecule has 0 aliphatic heterocycles. The lowest BCUT2D eigenvalue weighted by Gasteiger charge is -2.12. The van der Waals surface area contributed by atoms with Crippen LogP contribution in [0.1, 0.15) is 39.5 Å². The van der Waals surface area contributed by atoms with Gasteiger partial charge in [0.1, 0.15) is 0 Å². The van der Waals surface area contributed by atoms with Gasteiger partial charge in [-0.15, -0.1) is 0 Å². The molecule has 0 saturated heterocycles. The second kappa shape index (κ2) is 8.85. The van der Waals surface area contributed by atoms with Crippen LogP contribution in [0.5, 0.6) is 0 Å². The van der Waals surface area contributed by atoms with Gasteiger partial charge in [0.05, 0.1) is 0 Å². The molecule has 0 aliphatic rings. The van der Waals surface area contributed by atoms with Crippen molar-refractivity contribution in [3.05, 3.63) is 0 Å². The molecule has 0 aromatic carbocycles. The van der Waals surface area contributed by atoms with Gasteiger partial charge >= 0.3 is 0 Å². The molecule has 0 aromatic rings. The quantitative estimate of drug-likeness (QED) is 0.635. The first-order valence-corrected chi connectivity index (χ1v) is 6.45. The van der Waals surface area contributed by atoms with E-state index < -0.39 is 0 Å². The smallest absolute Gasteiger partial charge is 0.0130 e. The maximum Gasteiger partial charge on any atom is 0.0130 e. The molecule has 2 nitrogen and oxygen atoms in total. The van der Waals surface area contributed by atoms with Gasteiger partial charge in [-0.25, -0.2) is 0 Å². The Labute approximate surface area is 86.8 Å². The number of nitrogens with two attached hydrogens (primary N) is 2. The van der Waals surface area contributed by atoms with Gasteiger partial charge < -0.3 is 11.5 Å². The zero-order chi connectivity index (χ0) is 10.1. The fraction of sp³-hybridized carbons (Fsp3) is 1.00. The van der Waals surface area contributed by atoms with Gasteiger partial charge in [-0.1, -0.05) is 26.7 Å². The van der Waals surface area contributed by atoms with Crippen LogP contribution < -0.4 is 11.5 Å². The first-order chi connectivity index (χ1) is 6.20. The van der Waals surface area contributed by atoms with Crippen molar-refractivity contribution >= 4 is 11.8 Å². The van der Waals surface area contributed by atoms with Crippen LogP contribution in [-0.4, -0.2) is 23.6 Å². The van der Waals surface area contributed by atoms with E-state index in [-0.39, 0.29) is 0 Å².